The van der Waals surface area contributed by atoms with Gasteiger partial charge in [0.2, 0.25) is 0 Å². The van der Waals surface area contributed by atoms with Crippen molar-refractivity contribution in [3.8, 4) is 0 Å². The van der Waals surface area contributed by atoms with Crippen molar-refractivity contribution in [2.24, 2.45) is 0 Å². The first-order valence-corrected chi connectivity index (χ1v) is 7.31. The van der Waals surface area contributed by atoms with Gasteiger partial charge >= 0.3 is 24.0 Å². The Morgan fingerprint density at radius 2 is 1.50 bits per heavy atom. The van der Waals surface area contributed by atoms with E-state index in [1.54, 1.807) is 6.92 Å². The zero-order valence-electron chi connectivity index (χ0n) is 13.9. The monoisotopic (exact) mass is 347 g/mol. The second-order valence-corrected chi connectivity index (χ2v) is 4.91. The zero-order valence-corrected chi connectivity index (χ0v) is 13.9. The van der Waals surface area contributed by atoms with Crippen molar-refractivity contribution in [3.63, 3.8) is 0 Å². The maximum atomic E-state index is 11.6. The highest BCUT2D eigenvalue weighted by Gasteiger charge is 2.47. The Morgan fingerprint density at radius 3 is 2.00 bits per heavy atom. The number of carbonyl (C=O) groups excluding carboxylic acids is 4. The Balaban J connectivity index is 3.01. The quantitative estimate of drug-likeness (QED) is 0.535. The van der Waals surface area contributed by atoms with Crippen LogP contribution < -0.4 is 5.32 Å². The van der Waals surface area contributed by atoms with Crippen LogP contribution in [0, 0.1) is 0 Å². The lowest BCUT2D eigenvalue weighted by molar-refractivity contribution is -0.228. The summed E-state index contributed by atoms with van der Waals surface area (Å²) < 4.78 is 25.4. The molecule has 1 heterocycles. The molecule has 1 aliphatic heterocycles. The van der Waals surface area contributed by atoms with Gasteiger partial charge in [-0.25, -0.2) is 4.79 Å². The number of hydrogen-bond acceptors (Lipinski definition) is 9. The first kappa shape index (κ1) is 19.7. The van der Waals surface area contributed by atoms with Crippen molar-refractivity contribution in [3.05, 3.63) is 0 Å². The predicted octanol–water partition coefficient (Wildman–Crippen LogP) is -0.116. The van der Waals surface area contributed by atoms with Gasteiger partial charge in [-0.1, -0.05) is 0 Å². The summed E-state index contributed by atoms with van der Waals surface area (Å²) in [6.45, 7) is 5.03. The molecule has 1 saturated heterocycles. The van der Waals surface area contributed by atoms with Crippen molar-refractivity contribution in [1.82, 2.24) is 5.32 Å². The number of alkyl carbamates (subject to hydrolysis) is 1. The number of esters is 3. The number of hydrogen-bond donors (Lipinski definition) is 1. The summed E-state index contributed by atoms with van der Waals surface area (Å²) in [7, 11) is 0. The van der Waals surface area contributed by atoms with Gasteiger partial charge in [0.25, 0.3) is 0 Å². The summed E-state index contributed by atoms with van der Waals surface area (Å²) in [6, 6.07) is 0. The molecule has 1 amide bonds. The third kappa shape index (κ3) is 6.03. The molecular formula is C14H21NO9. The Bertz CT molecular complexity index is 493. The van der Waals surface area contributed by atoms with Crippen LogP contribution in [0.2, 0.25) is 0 Å². The Morgan fingerprint density at radius 1 is 0.958 bits per heavy atom. The van der Waals surface area contributed by atoms with Crippen molar-refractivity contribution >= 4 is 24.0 Å². The maximum absolute atomic E-state index is 11.6. The van der Waals surface area contributed by atoms with Gasteiger partial charge in [-0.3, -0.25) is 19.7 Å². The summed E-state index contributed by atoms with van der Waals surface area (Å²) >= 11 is 0. The van der Waals surface area contributed by atoms with Crippen molar-refractivity contribution in [1.29, 1.82) is 0 Å². The van der Waals surface area contributed by atoms with Gasteiger partial charge in [0.1, 0.15) is 0 Å². The highest BCUT2D eigenvalue weighted by Crippen LogP contribution is 2.23. The van der Waals surface area contributed by atoms with E-state index in [0.717, 1.165) is 13.8 Å². The highest BCUT2D eigenvalue weighted by atomic mass is 16.6. The van der Waals surface area contributed by atoms with Gasteiger partial charge < -0.3 is 23.7 Å². The fourth-order valence-corrected chi connectivity index (χ4v) is 2.15. The van der Waals surface area contributed by atoms with Gasteiger partial charge in [-0.05, 0) is 6.92 Å². The summed E-state index contributed by atoms with van der Waals surface area (Å²) in [6.07, 6.45) is -5.28. The minimum atomic E-state index is -1.21. The van der Waals surface area contributed by atoms with Crippen LogP contribution in [-0.2, 0) is 38.1 Å². The normalized spacial score (nSPS) is 26.0. The molecule has 10 nitrogen and oxygen atoms in total. The third-order valence-corrected chi connectivity index (χ3v) is 2.89. The molecule has 136 valence electrons. The zero-order chi connectivity index (χ0) is 18.3. The van der Waals surface area contributed by atoms with E-state index >= 15 is 0 Å². The fourth-order valence-electron chi connectivity index (χ4n) is 2.15. The van der Waals surface area contributed by atoms with Gasteiger partial charge in [0, 0.05) is 20.8 Å². The lowest BCUT2D eigenvalue weighted by Gasteiger charge is -2.40. The minimum absolute atomic E-state index is 0.125. The largest absolute Gasteiger partial charge is 0.456 e. The topological polar surface area (TPSA) is 126 Å². The van der Waals surface area contributed by atoms with Crippen LogP contribution in [0.15, 0.2) is 0 Å². The van der Waals surface area contributed by atoms with Gasteiger partial charge in [0.15, 0.2) is 24.5 Å². The van der Waals surface area contributed by atoms with Gasteiger partial charge in [-0.15, -0.1) is 0 Å². The third-order valence-electron chi connectivity index (χ3n) is 2.89. The van der Waals surface area contributed by atoms with E-state index in [1.165, 1.54) is 6.92 Å². The molecule has 24 heavy (non-hydrogen) atoms. The molecule has 1 N–H and O–H groups in total. The van der Waals surface area contributed by atoms with Crippen LogP contribution in [0.3, 0.4) is 0 Å². The van der Waals surface area contributed by atoms with E-state index in [4.69, 9.17) is 23.7 Å². The molecule has 1 aliphatic rings. The molecule has 0 aromatic heterocycles. The molecule has 4 atom stereocenters. The van der Waals surface area contributed by atoms with E-state index in [0.29, 0.717) is 0 Å². The van der Waals surface area contributed by atoms with Crippen LogP contribution in [0.5, 0.6) is 0 Å². The number of carbonyl (C=O) groups is 4. The molecule has 1 rings (SSSR count). The summed E-state index contributed by atoms with van der Waals surface area (Å²) in [5.41, 5.74) is 0. The number of amides is 1. The van der Waals surface area contributed by atoms with E-state index in [-0.39, 0.29) is 13.2 Å². The van der Waals surface area contributed by atoms with Crippen molar-refractivity contribution in [2.45, 2.75) is 52.2 Å². The first-order valence-electron chi connectivity index (χ1n) is 7.31. The van der Waals surface area contributed by atoms with Crippen LogP contribution in [0.25, 0.3) is 0 Å². The number of nitrogens with one attached hydrogen (secondary N) is 1. The molecule has 0 spiro atoms. The smallest absolute Gasteiger partial charge is 0.409 e. The molecular weight excluding hydrogens is 326 g/mol. The predicted molar refractivity (Wildman–Crippen MR) is 76.6 cm³/mol. The second-order valence-electron chi connectivity index (χ2n) is 4.91. The van der Waals surface area contributed by atoms with Crippen LogP contribution >= 0.6 is 0 Å². The van der Waals surface area contributed by atoms with E-state index in [9.17, 15) is 19.2 Å². The van der Waals surface area contributed by atoms with E-state index in [1.807, 2.05) is 0 Å². The molecule has 0 aliphatic carbocycles. The van der Waals surface area contributed by atoms with Crippen LogP contribution in [0.1, 0.15) is 27.7 Å². The Labute approximate surface area is 138 Å². The standard InChI is InChI=1S/C14H21NO9/c1-5-20-14(19)15-13-12(24-9(4)18)11(23-8(3)17)10(6-21-13)22-7(2)16/h10-13H,5-6H2,1-4H3,(H,15,19)/t10-,11-,12+,13+/m0/s1. The number of ether oxygens (including phenoxy) is 5. The van der Waals surface area contributed by atoms with E-state index in [2.05, 4.69) is 5.32 Å². The average molecular weight is 347 g/mol. The molecule has 0 radical (unpaired) electrons. The molecule has 0 aromatic carbocycles. The SMILES string of the molecule is CCOC(=O)N[C@@H]1OC[C@H](OC(C)=O)[C@H](OC(C)=O)[C@H]1OC(C)=O. The lowest BCUT2D eigenvalue weighted by atomic mass is 10.0. The second kappa shape index (κ2) is 9.06. The van der Waals surface area contributed by atoms with Gasteiger partial charge in [-0.2, -0.15) is 0 Å². The molecule has 0 bridgehead atoms. The van der Waals surface area contributed by atoms with Crippen molar-refractivity contribution in [2.75, 3.05) is 13.2 Å². The summed E-state index contributed by atoms with van der Waals surface area (Å²) in [4.78, 5) is 45.5. The molecule has 0 saturated carbocycles. The average Bonchev–Trinajstić information content (AvgIpc) is 2.44. The molecule has 0 aromatic rings. The maximum Gasteiger partial charge on any atom is 0.409 e. The van der Waals surface area contributed by atoms with E-state index < -0.39 is 48.5 Å². The highest BCUT2D eigenvalue weighted by molar-refractivity contribution is 5.69. The minimum Gasteiger partial charge on any atom is -0.456 e. The lowest BCUT2D eigenvalue weighted by Crippen LogP contribution is -2.62. The summed E-state index contributed by atoms with van der Waals surface area (Å²) in [5, 5.41) is 2.36. The summed E-state index contributed by atoms with van der Waals surface area (Å²) in [5.74, 6) is -2.00. The Kier molecular flexibility index (Phi) is 7.43. The van der Waals surface area contributed by atoms with Crippen LogP contribution in [0.4, 0.5) is 4.79 Å². The van der Waals surface area contributed by atoms with Crippen LogP contribution in [-0.4, -0.2) is 61.8 Å². The molecule has 10 heteroatoms. The van der Waals surface area contributed by atoms with Gasteiger partial charge in [0.05, 0.1) is 13.2 Å². The Hall–Kier alpha value is -2.36. The molecule has 0 unspecified atom stereocenters. The molecule has 1 fully saturated rings. The fraction of sp³-hybridized carbons (Fsp3) is 0.714. The number of rotatable bonds is 5. The first-order chi connectivity index (χ1) is 11.2. The van der Waals surface area contributed by atoms with Crippen molar-refractivity contribution < 1.29 is 42.9 Å².